The highest BCUT2D eigenvalue weighted by Gasteiger charge is 1.86. The molecular weight excluding hydrogens is 208 g/mol. The van der Waals surface area contributed by atoms with Gasteiger partial charge in [-0.05, 0) is 24.2 Å². The third-order valence-corrected chi connectivity index (χ3v) is 2.04. The van der Waals surface area contributed by atoms with Crippen LogP contribution < -0.4 is 0 Å². The van der Waals surface area contributed by atoms with Crippen molar-refractivity contribution in [2.75, 3.05) is 6.61 Å². The lowest BCUT2D eigenvalue weighted by Gasteiger charge is -1.95. The van der Waals surface area contributed by atoms with Gasteiger partial charge < -0.3 is 5.11 Å². The Hall–Kier alpha value is -0.300. The van der Waals surface area contributed by atoms with Crippen LogP contribution in [0.3, 0.4) is 0 Å². The third-order valence-electron chi connectivity index (χ3n) is 2.04. The van der Waals surface area contributed by atoms with Crippen molar-refractivity contribution in [2.45, 2.75) is 67.7 Å². The maximum absolute atomic E-state index is 8.24. The average Bonchev–Trinajstić information content (AvgIpc) is 2.19. The fourth-order valence-electron chi connectivity index (χ4n) is 0.836. The van der Waals surface area contributed by atoms with Gasteiger partial charge in [-0.3, -0.25) is 0 Å². The number of hydrogen-bond donors (Lipinski definition) is 1. The molecule has 0 rings (SSSR count). The molecule has 0 unspecified atom stereocenters. The van der Waals surface area contributed by atoms with Crippen molar-refractivity contribution in [2.24, 2.45) is 17.8 Å². The summed E-state index contributed by atoms with van der Waals surface area (Å²) >= 11 is 0. The Morgan fingerprint density at radius 2 is 1.29 bits per heavy atom. The summed E-state index contributed by atoms with van der Waals surface area (Å²) in [6.07, 6.45) is 5.55. The Bertz CT molecular complexity index is 115. The second-order valence-electron chi connectivity index (χ2n) is 5.57. The molecule has 0 aromatic carbocycles. The van der Waals surface area contributed by atoms with Crippen molar-refractivity contribution in [3.63, 3.8) is 0 Å². The third kappa shape index (κ3) is 49.7. The monoisotopic (exact) mass is 244 g/mol. The van der Waals surface area contributed by atoms with Crippen LogP contribution >= 0.6 is 0 Å². The minimum Gasteiger partial charge on any atom is -0.396 e. The summed E-state index contributed by atoms with van der Waals surface area (Å²) in [5.74, 6) is 2.19. The fraction of sp³-hybridized carbons (Fsp3) is 0.875. The van der Waals surface area contributed by atoms with Gasteiger partial charge in [0.2, 0.25) is 0 Å². The summed E-state index contributed by atoms with van der Waals surface area (Å²) < 4.78 is 0. The summed E-state index contributed by atoms with van der Waals surface area (Å²) in [7, 11) is 0. The highest BCUT2D eigenvalue weighted by atomic mass is 16.2. The normalized spacial score (nSPS) is 9.59. The quantitative estimate of drug-likeness (QED) is 0.651. The van der Waals surface area contributed by atoms with Gasteiger partial charge in [0, 0.05) is 6.61 Å². The molecule has 0 aromatic heterocycles. The molecule has 0 aliphatic carbocycles. The van der Waals surface area contributed by atoms with Gasteiger partial charge >= 0.3 is 0 Å². The van der Waals surface area contributed by atoms with Crippen LogP contribution in [0.5, 0.6) is 0 Å². The zero-order valence-electron chi connectivity index (χ0n) is 13.3. The molecule has 0 heterocycles. The summed E-state index contributed by atoms with van der Waals surface area (Å²) in [5.41, 5.74) is 0. The van der Waals surface area contributed by atoms with Gasteiger partial charge in [-0.2, -0.15) is 0 Å². The van der Waals surface area contributed by atoms with Crippen molar-refractivity contribution in [3.05, 3.63) is 12.7 Å². The molecule has 0 radical (unpaired) electrons. The molecule has 0 aromatic rings. The number of rotatable bonds is 5. The first-order chi connectivity index (χ1) is 7.81. The van der Waals surface area contributed by atoms with Crippen molar-refractivity contribution in [1.29, 1.82) is 0 Å². The van der Waals surface area contributed by atoms with Gasteiger partial charge in [0.05, 0.1) is 0 Å². The number of aliphatic hydroxyl groups excluding tert-OH is 1. The molecule has 17 heavy (non-hydrogen) atoms. The maximum atomic E-state index is 8.24. The molecule has 0 amide bonds. The first kappa shape index (κ1) is 21.9. The minimum absolute atomic E-state index is 0.331. The summed E-state index contributed by atoms with van der Waals surface area (Å²) in [5, 5.41) is 8.24. The Morgan fingerprint density at radius 1 is 0.941 bits per heavy atom. The second-order valence-corrected chi connectivity index (χ2v) is 5.57. The lowest BCUT2D eigenvalue weighted by molar-refractivity contribution is 0.268. The van der Waals surface area contributed by atoms with Crippen LogP contribution in [0.15, 0.2) is 12.7 Å². The molecule has 106 valence electrons. The Balaban J connectivity index is -0.000000174. The average molecular weight is 244 g/mol. The summed E-state index contributed by atoms with van der Waals surface area (Å²) in [4.78, 5) is 0. The van der Waals surface area contributed by atoms with Crippen molar-refractivity contribution >= 4 is 0 Å². The van der Waals surface area contributed by atoms with Crippen molar-refractivity contribution < 1.29 is 5.11 Å². The topological polar surface area (TPSA) is 20.2 Å². The van der Waals surface area contributed by atoms with Crippen LogP contribution in [0.25, 0.3) is 0 Å². The van der Waals surface area contributed by atoms with E-state index in [2.05, 4.69) is 55.0 Å². The van der Waals surface area contributed by atoms with E-state index in [1.165, 1.54) is 12.8 Å². The zero-order chi connectivity index (χ0) is 14.3. The first-order valence-corrected chi connectivity index (χ1v) is 7.05. The number of aliphatic hydroxyl groups is 1. The molecule has 0 fully saturated rings. The van der Waals surface area contributed by atoms with E-state index in [-0.39, 0.29) is 0 Å². The van der Waals surface area contributed by atoms with Crippen LogP contribution in [0.1, 0.15) is 67.7 Å². The molecule has 0 atom stereocenters. The molecule has 0 bridgehead atoms. The molecule has 0 spiro atoms. The van der Waals surface area contributed by atoms with Gasteiger partial charge in [0.15, 0.2) is 0 Å². The summed E-state index contributed by atoms with van der Waals surface area (Å²) in [6.45, 7) is 19.0. The van der Waals surface area contributed by atoms with Crippen LogP contribution in [0, 0.1) is 17.8 Å². The smallest absolute Gasteiger partial charge is 0.0433 e. The van der Waals surface area contributed by atoms with E-state index >= 15 is 0 Å². The predicted octanol–water partition coefficient (Wildman–Crippen LogP) is 5.30. The highest BCUT2D eigenvalue weighted by molar-refractivity contribution is 4.69. The van der Waals surface area contributed by atoms with E-state index in [1.807, 2.05) is 6.08 Å². The van der Waals surface area contributed by atoms with E-state index in [0.717, 1.165) is 12.3 Å². The Kier molecular flexibility index (Phi) is 23.3. The van der Waals surface area contributed by atoms with Crippen LogP contribution in [0.4, 0.5) is 0 Å². The van der Waals surface area contributed by atoms with E-state index in [1.54, 1.807) is 0 Å². The molecular formula is C16H36O. The standard InChI is InChI=1S/C6H14.C5H12O.C5H10/c1-4-5-6(2)3;1-5(2)3-4-6;1-4-5(2)3/h6H,4-5H2,1-3H3;5-6H,3-4H2,1-2H3;4-5H,1H2,2-3H3. The van der Waals surface area contributed by atoms with E-state index in [0.29, 0.717) is 18.4 Å². The lowest BCUT2D eigenvalue weighted by Crippen LogP contribution is -1.89. The van der Waals surface area contributed by atoms with Gasteiger partial charge in [-0.15, -0.1) is 6.58 Å². The van der Waals surface area contributed by atoms with Crippen LogP contribution in [0.2, 0.25) is 0 Å². The molecule has 1 heteroatoms. The Labute approximate surface area is 110 Å². The van der Waals surface area contributed by atoms with Gasteiger partial charge in [-0.25, -0.2) is 0 Å². The SMILES string of the molecule is C=CC(C)C.CC(C)CCO.CCCC(C)C. The minimum atomic E-state index is 0.331. The first-order valence-electron chi connectivity index (χ1n) is 7.05. The largest absolute Gasteiger partial charge is 0.396 e. The van der Waals surface area contributed by atoms with E-state index < -0.39 is 0 Å². The molecule has 1 nitrogen and oxygen atoms in total. The highest BCUT2D eigenvalue weighted by Crippen LogP contribution is 2.00. The van der Waals surface area contributed by atoms with Crippen LogP contribution in [-0.2, 0) is 0 Å². The fourth-order valence-corrected chi connectivity index (χ4v) is 0.836. The van der Waals surface area contributed by atoms with Gasteiger partial charge in [0.1, 0.15) is 0 Å². The van der Waals surface area contributed by atoms with Crippen LogP contribution in [-0.4, -0.2) is 11.7 Å². The molecule has 0 aliphatic rings. The van der Waals surface area contributed by atoms with Gasteiger partial charge in [0.25, 0.3) is 0 Å². The zero-order valence-corrected chi connectivity index (χ0v) is 13.3. The molecule has 0 saturated carbocycles. The maximum Gasteiger partial charge on any atom is 0.0433 e. The Morgan fingerprint density at radius 3 is 1.29 bits per heavy atom. The molecule has 0 saturated heterocycles. The lowest BCUT2D eigenvalue weighted by atomic mass is 10.1. The van der Waals surface area contributed by atoms with E-state index in [4.69, 9.17) is 5.11 Å². The molecule has 0 aliphatic heterocycles. The van der Waals surface area contributed by atoms with Gasteiger partial charge in [-0.1, -0.05) is 67.4 Å². The molecule has 1 N–H and O–H groups in total. The summed E-state index contributed by atoms with van der Waals surface area (Å²) in [6, 6.07) is 0. The van der Waals surface area contributed by atoms with Crippen molar-refractivity contribution in [1.82, 2.24) is 0 Å². The number of hydrogen-bond acceptors (Lipinski definition) is 1. The number of allylic oxidation sites excluding steroid dienone is 1. The van der Waals surface area contributed by atoms with E-state index in [9.17, 15) is 0 Å². The predicted molar refractivity (Wildman–Crippen MR) is 81.3 cm³/mol. The second kappa shape index (κ2) is 18.1. The van der Waals surface area contributed by atoms with Crippen molar-refractivity contribution in [3.8, 4) is 0 Å².